The van der Waals surface area contributed by atoms with Gasteiger partial charge in [0.05, 0.1) is 17.1 Å². The van der Waals surface area contributed by atoms with E-state index in [1.54, 1.807) is 17.0 Å². The van der Waals surface area contributed by atoms with Crippen LogP contribution in [0.3, 0.4) is 0 Å². The Morgan fingerprint density at radius 3 is 2.38 bits per heavy atom. The molecule has 1 atom stereocenters. The van der Waals surface area contributed by atoms with Gasteiger partial charge in [-0.2, -0.15) is 8.42 Å². The highest BCUT2D eigenvalue weighted by molar-refractivity contribution is 7.95. The number of carbonyl (C=O) groups excluding carboxylic acids is 1. The lowest BCUT2D eigenvalue weighted by Gasteiger charge is -2.34. The summed E-state index contributed by atoms with van der Waals surface area (Å²) in [5.74, 6) is 0.226. The fraction of sp³-hybridized carbons (Fsp3) is 0.458. The van der Waals surface area contributed by atoms with Crippen LogP contribution in [0.25, 0.3) is 0 Å². The molecule has 2 heterocycles. The number of hydrogen-bond donors (Lipinski definition) is 0. The fourth-order valence-electron chi connectivity index (χ4n) is 4.36. The summed E-state index contributed by atoms with van der Waals surface area (Å²) < 4.78 is 35.5. The molecule has 1 fully saturated rings. The van der Waals surface area contributed by atoms with E-state index in [9.17, 15) is 13.2 Å². The Hall–Kier alpha value is -2.74. The summed E-state index contributed by atoms with van der Waals surface area (Å²) >= 11 is 0. The number of ether oxygens (including phenoxy) is 1. The number of likely N-dealkylation sites (tertiary alicyclic amines) is 1. The van der Waals surface area contributed by atoms with Gasteiger partial charge in [0.15, 0.2) is 0 Å². The van der Waals surface area contributed by atoms with Crippen molar-refractivity contribution in [3.05, 3.63) is 54.6 Å². The normalized spacial score (nSPS) is 20.2. The van der Waals surface area contributed by atoms with E-state index in [1.165, 1.54) is 8.61 Å². The van der Waals surface area contributed by atoms with Gasteiger partial charge < -0.3 is 9.64 Å². The van der Waals surface area contributed by atoms with Crippen LogP contribution in [0.2, 0.25) is 0 Å². The maximum atomic E-state index is 13.5. The molecule has 0 unspecified atom stereocenters. The van der Waals surface area contributed by atoms with Crippen molar-refractivity contribution < 1.29 is 17.9 Å². The Morgan fingerprint density at radius 1 is 1.03 bits per heavy atom. The first-order chi connectivity index (χ1) is 15.2. The Labute approximate surface area is 190 Å². The molecule has 0 aromatic heterocycles. The van der Waals surface area contributed by atoms with Crippen molar-refractivity contribution in [3.63, 3.8) is 0 Å². The van der Waals surface area contributed by atoms with Crippen molar-refractivity contribution in [1.82, 2.24) is 4.90 Å². The molecule has 172 valence electrons. The quantitative estimate of drug-likeness (QED) is 0.653. The van der Waals surface area contributed by atoms with Crippen LogP contribution in [-0.2, 0) is 14.9 Å². The van der Waals surface area contributed by atoms with Crippen molar-refractivity contribution in [1.29, 1.82) is 0 Å². The molecule has 1 amide bonds. The van der Waals surface area contributed by atoms with Crippen LogP contribution in [0.4, 0.5) is 21.9 Å². The first-order valence-electron chi connectivity index (χ1n) is 11.1. The van der Waals surface area contributed by atoms with E-state index in [1.807, 2.05) is 63.2 Å². The summed E-state index contributed by atoms with van der Waals surface area (Å²) in [4.78, 5) is 14.2. The highest BCUT2D eigenvalue weighted by atomic mass is 32.2. The number of benzene rings is 2. The molecule has 0 radical (unpaired) electrons. The number of anilines is 3. The third-order valence-electron chi connectivity index (χ3n) is 5.78. The number of rotatable bonds is 4. The number of piperidine rings is 1. The van der Waals surface area contributed by atoms with Crippen LogP contribution in [0.15, 0.2) is 54.6 Å². The zero-order chi connectivity index (χ0) is 22.9. The second-order valence-corrected chi connectivity index (χ2v) is 11.1. The summed E-state index contributed by atoms with van der Waals surface area (Å²) in [5.41, 5.74) is 1.45. The summed E-state index contributed by atoms with van der Waals surface area (Å²) in [6, 6.07) is 16.6. The summed E-state index contributed by atoms with van der Waals surface area (Å²) in [7, 11) is -3.73. The van der Waals surface area contributed by atoms with Crippen LogP contribution in [0, 0.1) is 5.92 Å². The minimum atomic E-state index is -3.73. The van der Waals surface area contributed by atoms with Crippen molar-refractivity contribution in [2.24, 2.45) is 5.92 Å². The van der Waals surface area contributed by atoms with Crippen molar-refractivity contribution >= 4 is 33.4 Å². The summed E-state index contributed by atoms with van der Waals surface area (Å²) in [6.07, 6.45) is 2.24. The molecule has 4 rings (SSSR count). The summed E-state index contributed by atoms with van der Waals surface area (Å²) in [6.45, 7) is 7.22. The first kappa shape index (κ1) is 22.5. The van der Waals surface area contributed by atoms with E-state index in [0.29, 0.717) is 43.1 Å². The molecule has 2 aliphatic heterocycles. The third-order valence-corrected chi connectivity index (χ3v) is 7.59. The lowest BCUT2D eigenvalue weighted by Crippen LogP contribution is -2.44. The van der Waals surface area contributed by atoms with Crippen molar-refractivity contribution in [2.45, 2.75) is 45.6 Å². The van der Waals surface area contributed by atoms with Gasteiger partial charge in [0.1, 0.15) is 5.60 Å². The molecule has 8 heteroatoms. The largest absolute Gasteiger partial charge is 0.444 e. The van der Waals surface area contributed by atoms with Crippen molar-refractivity contribution in [2.75, 3.05) is 28.2 Å². The van der Waals surface area contributed by atoms with E-state index < -0.39 is 15.8 Å². The van der Waals surface area contributed by atoms with Crippen LogP contribution in [0.5, 0.6) is 0 Å². The van der Waals surface area contributed by atoms with Gasteiger partial charge in [-0.3, -0.25) is 4.31 Å². The maximum absolute atomic E-state index is 13.5. The highest BCUT2D eigenvalue weighted by Gasteiger charge is 2.41. The number of carbonyl (C=O) groups is 1. The smallest absolute Gasteiger partial charge is 0.410 e. The van der Waals surface area contributed by atoms with Gasteiger partial charge in [-0.25, -0.2) is 9.10 Å². The van der Waals surface area contributed by atoms with Crippen LogP contribution >= 0.6 is 0 Å². The molecule has 2 aromatic carbocycles. The molecule has 0 aliphatic carbocycles. The molecule has 2 aromatic rings. The number of amides is 1. The number of para-hydroxylation sites is 3. The first-order valence-corrected chi connectivity index (χ1v) is 12.5. The van der Waals surface area contributed by atoms with Gasteiger partial charge >= 0.3 is 16.3 Å². The SMILES string of the molecule is CC(C)(C)OC(=O)N1CCC[C@H](CCN2c3ccccc3N(c3ccccc3)S2(=O)=O)C1. The Kier molecular flexibility index (Phi) is 6.07. The second-order valence-electron chi connectivity index (χ2n) is 9.39. The topological polar surface area (TPSA) is 70.2 Å². The molecule has 7 nitrogen and oxygen atoms in total. The molecular formula is C24H31N3O4S. The van der Waals surface area contributed by atoms with Crippen LogP contribution < -0.4 is 8.61 Å². The third kappa shape index (κ3) is 4.55. The lowest BCUT2D eigenvalue weighted by molar-refractivity contribution is 0.0163. The number of hydrogen-bond acceptors (Lipinski definition) is 4. The maximum Gasteiger partial charge on any atom is 0.410 e. The predicted molar refractivity (Wildman–Crippen MR) is 126 cm³/mol. The van der Waals surface area contributed by atoms with E-state index >= 15 is 0 Å². The van der Waals surface area contributed by atoms with E-state index in [2.05, 4.69) is 0 Å². The minimum absolute atomic E-state index is 0.226. The fourth-order valence-corrected chi connectivity index (χ4v) is 6.09. The number of nitrogens with zero attached hydrogens (tertiary/aromatic N) is 3. The molecule has 32 heavy (non-hydrogen) atoms. The zero-order valence-electron chi connectivity index (χ0n) is 18.9. The average molecular weight is 458 g/mol. The zero-order valence-corrected chi connectivity index (χ0v) is 19.7. The molecule has 1 saturated heterocycles. The predicted octanol–water partition coefficient (Wildman–Crippen LogP) is 4.93. The minimum Gasteiger partial charge on any atom is -0.444 e. The monoisotopic (exact) mass is 457 g/mol. The Morgan fingerprint density at radius 2 is 1.69 bits per heavy atom. The van der Waals surface area contributed by atoms with Gasteiger partial charge in [0.25, 0.3) is 0 Å². The lowest BCUT2D eigenvalue weighted by atomic mass is 9.95. The highest BCUT2D eigenvalue weighted by Crippen LogP contribution is 2.45. The van der Waals surface area contributed by atoms with Crippen molar-refractivity contribution in [3.8, 4) is 0 Å². The van der Waals surface area contributed by atoms with Gasteiger partial charge in [-0.1, -0.05) is 30.3 Å². The molecule has 0 spiro atoms. The van der Waals surface area contributed by atoms with Gasteiger partial charge in [-0.05, 0) is 70.2 Å². The molecular weight excluding hydrogens is 426 g/mol. The molecule has 0 bridgehead atoms. The van der Waals surface area contributed by atoms with E-state index in [4.69, 9.17) is 4.74 Å². The summed E-state index contributed by atoms with van der Waals surface area (Å²) in [5, 5.41) is 0. The Balaban J connectivity index is 1.49. The van der Waals surface area contributed by atoms with Gasteiger partial charge in [0.2, 0.25) is 0 Å². The average Bonchev–Trinajstić information content (AvgIpc) is 2.97. The molecule has 2 aliphatic rings. The number of fused-ring (bicyclic) bond motifs is 1. The van der Waals surface area contributed by atoms with Gasteiger partial charge in [-0.15, -0.1) is 0 Å². The molecule has 0 N–H and O–H groups in total. The van der Waals surface area contributed by atoms with E-state index in [-0.39, 0.29) is 12.0 Å². The van der Waals surface area contributed by atoms with Gasteiger partial charge in [0, 0.05) is 19.6 Å². The second kappa shape index (κ2) is 8.65. The van der Waals surface area contributed by atoms with E-state index in [0.717, 1.165) is 12.8 Å². The Bertz CT molecular complexity index is 1070. The molecule has 0 saturated carbocycles. The standard InChI is InChI=1S/C24H31N3O4S/c1-24(2,3)31-23(28)25-16-9-10-19(18-25)15-17-26-21-13-7-8-14-22(21)27(32(26,29)30)20-11-5-4-6-12-20/h4-8,11-14,19H,9-10,15-18H2,1-3H3/t19-/m1/s1. The van der Waals surface area contributed by atoms with Crippen LogP contribution in [0.1, 0.15) is 40.0 Å². The van der Waals surface area contributed by atoms with Crippen LogP contribution in [-0.4, -0.2) is 44.6 Å².